The Kier molecular flexibility index (Phi) is 5.24. The van der Waals surface area contributed by atoms with Crippen LogP contribution in [0.5, 0.6) is 0 Å². The van der Waals surface area contributed by atoms with E-state index in [1.807, 2.05) is 19.1 Å². The van der Waals surface area contributed by atoms with Crippen molar-refractivity contribution in [1.29, 1.82) is 0 Å². The molecule has 1 saturated heterocycles. The quantitative estimate of drug-likeness (QED) is 0.904. The summed E-state index contributed by atoms with van der Waals surface area (Å²) in [6.07, 6.45) is 0. The molecular formula is C15H25N3O2S. The van der Waals surface area contributed by atoms with Gasteiger partial charge in [0.1, 0.15) is 0 Å². The van der Waals surface area contributed by atoms with E-state index >= 15 is 0 Å². The fraction of sp³-hybridized carbons (Fsp3) is 0.600. The molecule has 0 saturated carbocycles. The van der Waals surface area contributed by atoms with Gasteiger partial charge in [0.25, 0.3) is 0 Å². The molecule has 21 heavy (non-hydrogen) atoms. The Morgan fingerprint density at radius 2 is 1.67 bits per heavy atom. The Balaban J connectivity index is 1.93. The molecule has 0 unspecified atom stereocenters. The van der Waals surface area contributed by atoms with Crippen LogP contribution in [0.3, 0.4) is 0 Å². The molecule has 2 rings (SSSR count). The van der Waals surface area contributed by atoms with Crippen LogP contribution in [-0.2, 0) is 10.2 Å². The monoisotopic (exact) mass is 311 g/mol. The number of aryl methyl sites for hydroxylation is 1. The smallest absolute Gasteiger partial charge is 0.300 e. The van der Waals surface area contributed by atoms with Crippen molar-refractivity contribution in [3.8, 4) is 0 Å². The van der Waals surface area contributed by atoms with Crippen LogP contribution in [0.4, 0.5) is 5.69 Å². The molecule has 1 aromatic rings. The third-order valence-corrected chi connectivity index (χ3v) is 5.13. The van der Waals surface area contributed by atoms with Gasteiger partial charge in [-0.25, -0.2) is 0 Å². The predicted molar refractivity (Wildman–Crippen MR) is 86.6 cm³/mol. The lowest BCUT2D eigenvalue weighted by Crippen LogP contribution is -2.50. The highest BCUT2D eigenvalue weighted by molar-refractivity contribution is 7.90. The van der Waals surface area contributed by atoms with E-state index in [0.717, 1.165) is 25.2 Å². The van der Waals surface area contributed by atoms with Crippen LogP contribution in [0.25, 0.3) is 0 Å². The van der Waals surface area contributed by atoms with Crippen molar-refractivity contribution >= 4 is 15.9 Å². The average Bonchev–Trinajstić information content (AvgIpc) is 2.41. The SMILES string of the molecule is Cc1ccc(NS(=O)(=O)N2CCN(CC(C)C)CC2)cc1. The van der Waals surface area contributed by atoms with Gasteiger partial charge >= 0.3 is 10.2 Å². The average molecular weight is 311 g/mol. The van der Waals surface area contributed by atoms with Gasteiger partial charge in [-0.3, -0.25) is 4.72 Å². The van der Waals surface area contributed by atoms with Crippen LogP contribution in [0, 0.1) is 12.8 Å². The summed E-state index contributed by atoms with van der Waals surface area (Å²) in [7, 11) is -3.44. The Morgan fingerprint density at radius 3 is 2.19 bits per heavy atom. The normalized spacial score (nSPS) is 18.1. The maximum atomic E-state index is 12.4. The second-order valence-electron chi connectivity index (χ2n) is 6.07. The van der Waals surface area contributed by atoms with Crippen LogP contribution in [0.15, 0.2) is 24.3 Å². The van der Waals surface area contributed by atoms with Gasteiger partial charge in [-0.1, -0.05) is 31.5 Å². The van der Waals surface area contributed by atoms with Gasteiger partial charge in [0.15, 0.2) is 0 Å². The van der Waals surface area contributed by atoms with Crippen LogP contribution in [0.2, 0.25) is 0 Å². The van der Waals surface area contributed by atoms with Crippen LogP contribution in [-0.4, -0.2) is 50.3 Å². The topological polar surface area (TPSA) is 52.7 Å². The first-order valence-corrected chi connectivity index (χ1v) is 8.88. The highest BCUT2D eigenvalue weighted by Crippen LogP contribution is 2.15. The number of anilines is 1. The van der Waals surface area contributed by atoms with Crippen molar-refractivity contribution in [1.82, 2.24) is 9.21 Å². The fourth-order valence-electron chi connectivity index (χ4n) is 2.50. The van der Waals surface area contributed by atoms with Gasteiger partial charge in [0, 0.05) is 38.4 Å². The number of rotatable bonds is 5. The maximum absolute atomic E-state index is 12.4. The Bertz CT molecular complexity index is 547. The minimum absolute atomic E-state index is 0.550. The van der Waals surface area contributed by atoms with E-state index in [2.05, 4.69) is 23.5 Å². The first-order valence-electron chi connectivity index (χ1n) is 7.44. The van der Waals surface area contributed by atoms with Crippen molar-refractivity contribution in [2.75, 3.05) is 37.4 Å². The van der Waals surface area contributed by atoms with Gasteiger partial charge < -0.3 is 4.90 Å². The zero-order valence-electron chi connectivity index (χ0n) is 13.0. The fourth-order valence-corrected chi connectivity index (χ4v) is 3.71. The number of hydrogen-bond donors (Lipinski definition) is 1. The molecule has 1 fully saturated rings. The van der Waals surface area contributed by atoms with E-state index in [1.165, 1.54) is 4.31 Å². The molecule has 0 spiro atoms. The molecule has 1 N–H and O–H groups in total. The van der Waals surface area contributed by atoms with Gasteiger partial charge in [-0.05, 0) is 25.0 Å². The van der Waals surface area contributed by atoms with Crippen LogP contribution in [0.1, 0.15) is 19.4 Å². The number of nitrogens with one attached hydrogen (secondary N) is 1. The van der Waals surface area contributed by atoms with Crippen molar-refractivity contribution in [2.45, 2.75) is 20.8 Å². The summed E-state index contributed by atoms with van der Waals surface area (Å²) in [6, 6.07) is 7.39. The van der Waals surface area contributed by atoms with Crippen molar-refractivity contribution in [3.05, 3.63) is 29.8 Å². The molecule has 0 bridgehead atoms. The van der Waals surface area contributed by atoms with Crippen molar-refractivity contribution < 1.29 is 8.42 Å². The number of piperazine rings is 1. The molecule has 0 atom stereocenters. The Labute approximate surface area is 128 Å². The second-order valence-corrected chi connectivity index (χ2v) is 7.74. The van der Waals surface area contributed by atoms with Gasteiger partial charge in [0.05, 0.1) is 0 Å². The lowest BCUT2D eigenvalue weighted by atomic mass is 10.2. The van der Waals surface area contributed by atoms with E-state index in [0.29, 0.717) is 24.7 Å². The molecule has 0 aromatic heterocycles. The number of benzene rings is 1. The predicted octanol–water partition coefficient (Wildman–Crippen LogP) is 1.93. The summed E-state index contributed by atoms with van der Waals surface area (Å²) >= 11 is 0. The van der Waals surface area contributed by atoms with Crippen LogP contribution < -0.4 is 4.72 Å². The molecule has 0 aliphatic carbocycles. The van der Waals surface area contributed by atoms with E-state index in [-0.39, 0.29) is 0 Å². The molecule has 1 aliphatic rings. The maximum Gasteiger partial charge on any atom is 0.301 e. The Hall–Kier alpha value is -1.11. The molecule has 118 valence electrons. The molecule has 1 heterocycles. The summed E-state index contributed by atoms with van der Waals surface area (Å²) in [5.41, 5.74) is 1.73. The van der Waals surface area contributed by atoms with Crippen LogP contribution >= 0.6 is 0 Å². The molecular weight excluding hydrogens is 286 g/mol. The largest absolute Gasteiger partial charge is 0.301 e. The van der Waals surface area contributed by atoms with Gasteiger partial charge in [-0.15, -0.1) is 0 Å². The lowest BCUT2D eigenvalue weighted by Gasteiger charge is -2.34. The third-order valence-electron chi connectivity index (χ3n) is 3.59. The third kappa shape index (κ3) is 4.69. The highest BCUT2D eigenvalue weighted by Gasteiger charge is 2.26. The molecule has 6 heteroatoms. The Morgan fingerprint density at radius 1 is 1.10 bits per heavy atom. The minimum Gasteiger partial charge on any atom is -0.300 e. The zero-order valence-corrected chi connectivity index (χ0v) is 13.9. The number of nitrogens with zero attached hydrogens (tertiary/aromatic N) is 2. The van der Waals surface area contributed by atoms with Crippen molar-refractivity contribution in [2.24, 2.45) is 5.92 Å². The van der Waals surface area contributed by atoms with E-state index in [4.69, 9.17) is 0 Å². The molecule has 5 nitrogen and oxygen atoms in total. The summed E-state index contributed by atoms with van der Waals surface area (Å²) in [4.78, 5) is 2.32. The summed E-state index contributed by atoms with van der Waals surface area (Å²) in [5.74, 6) is 0.610. The molecule has 1 aromatic carbocycles. The first kappa shape index (κ1) is 16.3. The molecule has 1 aliphatic heterocycles. The summed E-state index contributed by atoms with van der Waals surface area (Å²) in [6.45, 7) is 10.1. The minimum atomic E-state index is -3.44. The summed E-state index contributed by atoms with van der Waals surface area (Å²) in [5, 5.41) is 0. The first-order chi connectivity index (χ1) is 9.87. The lowest BCUT2D eigenvalue weighted by molar-refractivity contribution is 0.172. The van der Waals surface area contributed by atoms with Gasteiger partial charge in [-0.2, -0.15) is 12.7 Å². The van der Waals surface area contributed by atoms with E-state index in [9.17, 15) is 8.42 Å². The molecule has 0 amide bonds. The highest BCUT2D eigenvalue weighted by atomic mass is 32.2. The van der Waals surface area contributed by atoms with E-state index < -0.39 is 10.2 Å². The standard InChI is InChI=1S/C15H25N3O2S/c1-13(2)12-17-8-10-18(11-9-17)21(19,20)16-15-6-4-14(3)5-7-15/h4-7,13,16H,8-12H2,1-3H3. The molecule has 0 radical (unpaired) electrons. The van der Waals surface area contributed by atoms with Gasteiger partial charge in [0.2, 0.25) is 0 Å². The number of hydrogen-bond acceptors (Lipinski definition) is 3. The van der Waals surface area contributed by atoms with Crippen molar-refractivity contribution in [3.63, 3.8) is 0 Å². The zero-order chi connectivity index (χ0) is 15.5. The second kappa shape index (κ2) is 6.77. The van der Waals surface area contributed by atoms with E-state index in [1.54, 1.807) is 12.1 Å². The summed E-state index contributed by atoms with van der Waals surface area (Å²) < 4.78 is 28.9.